The Balaban J connectivity index is 2.02. The van der Waals surface area contributed by atoms with Gasteiger partial charge in [-0.15, -0.1) is 0 Å². The van der Waals surface area contributed by atoms with E-state index in [4.69, 9.17) is 4.74 Å². The lowest BCUT2D eigenvalue weighted by molar-refractivity contribution is 0.0518. The summed E-state index contributed by atoms with van der Waals surface area (Å²) in [5.74, 6) is 0.631. The van der Waals surface area contributed by atoms with Gasteiger partial charge in [-0.2, -0.15) is 0 Å². The van der Waals surface area contributed by atoms with E-state index in [9.17, 15) is 4.79 Å². The highest BCUT2D eigenvalue weighted by molar-refractivity contribution is 5.89. The van der Waals surface area contributed by atoms with Gasteiger partial charge in [0, 0.05) is 17.3 Å². The molecule has 0 amide bonds. The lowest BCUT2D eigenvalue weighted by Crippen LogP contribution is -2.12. The summed E-state index contributed by atoms with van der Waals surface area (Å²) < 4.78 is 5.11. The molecule has 0 radical (unpaired) electrons. The van der Waals surface area contributed by atoms with Crippen LogP contribution in [0.15, 0.2) is 36.5 Å². The lowest BCUT2D eigenvalue weighted by Gasteiger charge is -2.08. The van der Waals surface area contributed by atoms with Gasteiger partial charge in [0.05, 0.1) is 6.61 Å². The van der Waals surface area contributed by atoms with E-state index in [2.05, 4.69) is 9.97 Å². The molecular weight excluding hydrogens is 252 g/mol. The molecule has 1 aromatic carbocycles. The molecule has 3 rings (SSSR count). The average Bonchev–Trinajstić information content (AvgIpc) is 3.32. The summed E-state index contributed by atoms with van der Waals surface area (Å²) in [6.45, 7) is 2.15. The SMILES string of the molecule is CCOC(=O)c1nc(-c2ccccc2)ncc1C1CC1. The lowest BCUT2D eigenvalue weighted by atomic mass is 10.1. The van der Waals surface area contributed by atoms with Crippen LogP contribution in [-0.2, 0) is 4.74 Å². The van der Waals surface area contributed by atoms with E-state index in [0.29, 0.717) is 24.0 Å². The maximum Gasteiger partial charge on any atom is 0.357 e. The van der Waals surface area contributed by atoms with Crippen molar-refractivity contribution < 1.29 is 9.53 Å². The van der Waals surface area contributed by atoms with Crippen molar-refractivity contribution in [1.82, 2.24) is 9.97 Å². The molecular formula is C16H16N2O2. The molecule has 0 aliphatic heterocycles. The van der Waals surface area contributed by atoms with Crippen molar-refractivity contribution in [2.24, 2.45) is 0 Å². The number of ether oxygens (including phenoxy) is 1. The normalized spacial score (nSPS) is 14.1. The zero-order valence-electron chi connectivity index (χ0n) is 11.4. The summed E-state index contributed by atoms with van der Waals surface area (Å²) in [6, 6.07) is 9.66. The summed E-state index contributed by atoms with van der Waals surface area (Å²) in [5.41, 5.74) is 2.24. The summed E-state index contributed by atoms with van der Waals surface area (Å²) in [4.78, 5) is 20.9. The molecule has 0 N–H and O–H groups in total. The van der Waals surface area contributed by atoms with Gasteiger partial charge in [-0.25, -0.2) is 14.8 Å². The first-order chi connectivity index (χ1) is 9.79. The number of rotatable bonds is 4. The maximum absolute atomic E-state index is 12.1. The number of benzene rings is 1. The molecule has 1 aromatic heterocycles. The van der Waals surface area contributed by atoms with E-state index in [0.717, 1.165) is 24.0 Å². The minimum absolute atomic E-state index is 0.353. The minimum atomic E-state index is -0.353. The van der Waals surface area contributed by atoms with E-state index in [1.165, 1.54) is 0 Å². The van der Waals surface area contributed by atoms with Crippen LogP contribution >= 0.6 is 0 Å². The minimum Gasteiger partial charge on any atom is -0.461 e. The fourth-order valence-corrected chi connectivity index (χ4v) is 2.17. The third-order valence-electron chi connectivity index (χ3n) is 3.34. The smallest absolute Gasteiger partial charge is 0.357 e. The quantitative estimate of drug-likeness (QED) is 0.799. The molecule has 0 bridgehead atoms. The Bertz CT molecular complexity index is 622. The van der Waals surface area contributed by atoms with Crippen LogP contribution in [0.25, 0.3) is 11.4 Å². The first kappa shape index (κ1) is 12.8. The molecule has 2 aromatic rings. The molecule has 1 fully saturated rings. The van der Waals surface area contributed by atoms with Gasteiger partial charge < -0.3 is 4.74 Å². The van der Waals surface area contributed by atoms with Crippen LogP contribution < -0.4 is 0 Å². The Morgan fingerprint density at radius 3 is 2.70 bits per heavy atom. The Labute approximate surface area is 117 Å². The van der Waals surface area contributed by atoms with E-state index in [1.54, 1.807) is 13.1 Å². The zero-order chi connectivity index (χ0) is 13.9. The summed E-state index contributed by atoms with van der Waals surface area (Å²) in [7, 11) is 0. The van der Waals surface area contributed by atoms with Crippen LogP contribution in [0.3, 0.4) is 0 Å². The van der Waals surface area contributed by atoms with Crippen molar-refractivity contribution >= 4 is 5.97 Å². The number of aromatic nitrogens is 2. The van der Waals surface area contributed by atoms with Gasteiger partial charge in [0.2, 0.25) is 0 Å². The highest BCUT2D eigenvalue weighted by Gasteiger charge is 2.30. The molecule has 1 saturated carbocycles. The predicted octanol–water partition coefficient (Wildman–Crippen LogP) is 3.20. The standard InChI is InChI=1S/C16H16N2O2/c1-2-20-16(19)14-13(11-8-9-11)10-17-15(18-14)12-6-4-3-5-7-12/h3-7,10-11H,2,8-9H2,1H3. The van der Waals surface area contributed by atoms with E-state index >= 15 is 0 Å². The summed E-state index contributed by atoms with van der Waals surface area (Å²) in [6.07, 6.45) is 3.97. The molecule has 4 heteroatoms. The second-order valence-electron chi connectivity index (χ2n) is 4.86. The predicted molar refractivity (Wildman–Crippen MR) is 75.4 cm³/mol. The molecule has 0 atom stereocenters. The van der Waals surface area contributed by atoms with Crippen LogP contribution in [0, 0.1) is 0 Å². The molecule has 0 unspecified atom stereocenters. The van der Waals surface area contributed by atoms with Crippen molar-refractivity contribution in [2.75, 3.05) is 6.61 Å². The van der Waals surface area contributed by atoms with Gasteiger partial charge >= 0.3 is 5.97 Å². The number of esters is 1. The Hall–Kier alpha value is -2.23. The number of hydrogen-bond donors (Lipinski definition) is 0. The molecule has 1 aliphatic rings. The fourth-order valence-electron chi connectivity index (χ4n) is 2.17. The number of carbonyl (C=O) groups is 1. The van der Waals surface area contributed by atoms with Crippen molar-refractivity contribution in [1.29, 1.82) is 0 Å². The first-order valence-electron chi connectivity index (χ1n) is 6.89. The van der Waals surface area contributed by atoms with Crippen molar-refractivity contribution in [3.63, 3.8) is 0 Å². The van der Waals surface area contributed by atoms with Crippen LogP contribution in [0.2, 0.25) is 0 Å². The fraction of sp³-hybridized carbons (Fsp3) is 0.312. The average molecular weight is 268 g/mol. The molecule has 102 valence electrons. The van der Waals surface area contributed by atoms with Crippen molar-refractivity contribution in [2.45, 2.75) is 25.7 Å². The molecule has 0 spiro atoms. The van der Waals surface area contributed by atoms with Gasteiger partial charge in [-0.1, -0.05) is 30.3 Å². The number of hydrogen-bond acceptors (Lipinski definition) is 4. The topological polar surface area (TPSA) is 52.1 Å². The monoisotopic (exact) mass is 268 g/mol. The second kappa shape index (κ2) is 5.41. The molecule has 20 heavy (non-hydrogen) atoms. The van der Waals surface area contributed by atoms with Crippen molar-refractivity contribution in [3.8, 4) is 11.4 Å². The third-order valence-corrected chi connectivity index (χ3v) is 3.34. The van der Waals surface area contributed by atoms with Gasteiger partial charge in [-0.05, 0) is 25.7 Å². The van der Waals surface area contributed by atoms with Crippen LogP contribution in [0.1, 0.15) is 41.7 Å². The molecule has 1 heterocycles. The molecule has 1 aliphatic carbocycles. The number of nitrogens with zero attached hydrogens (tertiary/aromatic N) is 2. The van der Waals surface area contributed by atoms with Gasteiger partial charge in [0.15, 0.2) is 11.5 Å². The second-order valence-corrected chi connectivity index (χ2v) is 4.86. The molecule has 0 saturated heterocycles. The Morgan fingerprint density at radius 1 is 1.30 bits per heavy atom. The highest BCUT2D eigenvalue weighted by atomic mass is 16.5. The third kappa shape index (κ3) is 2.54. The zero-order valence-corrected chi connectivity index (χ0v) is 11.4. The highest BCUT2D eigenvalue weighted by Crippen LogP contribution is 2.41. The number of carbonyl (C=O) groups excluding carboxylic acids is 1. The van der Waals surface area contributed by atoms with Gasteiger partial charge in [0.1, 0.15) is 0 Å². The Morgan fingerprint density at radius 2 is 2.05 bits per heavy atom. The Kier molecular flexibility index (Phi) is 3.46. The van der Waals surface area contributed by atoms with E-state index in [-0.39, 0.29) is 5.97 Å². The van der Waals surface area contributed by atoms with Gasteiger partial charge in [-0.3, -0.25) is 0 Å². The summed E-state index contributed by atoms with van der Waals surface area (Å²) >= 11 is 0. The summed E-state index contributed by atoms with van der Waals surface area (Å²) in [5, 5.41) is 0. The van der Waals surface area contributed by atoms with E-state index < -0.39 is 0 Å². The van der Waals surface area contributed by atoms with E-state index in [1.807, 2.05) is 30.3 Å². The maximum atomic E-state index is 12.1. The van der Waals surface area contributed by atoms with Crippen LogP contribution in [-0.4, -0.2) is 22.5 Å². The van der Waals surface area contributed by atoms with Crippen molar-refractivity contribution in [3.05, 3.63) is 47.8 Å². The van der Waals surface area contributed by atoms with Gasteiger partial charge in [0.25, 0.3) is 0 Å². The first-order valence-corrected chi connectivity index (χ1v) is 6.89. The largest absolute Gasteiger partial charge is 0.461 e. The van der Waals surface area contributed by atoms with Crippen LogP contribution in [0.4, 0.5) is 0 Å². The molecule has 4 nitrogen and oxygen atoms in total. The van der Waals surface area contributed by atoms with Crippen LogP contribution in [0.5, 0.6) is 0 Å².